The van der Waals surface area contributed by atoms with E-state index >= 15 is 0 Å². The number of hydrogen-bond acceptors (Lipinski definition) is 5. The van der Waals surface area contributed by atoms with Crippen molar-refractivity contribution < 1.29 is 9.21 Å². The molecule has 0 saturated heterocycles. The first-order valence-corrected chi connectivity index (χ1v) is 7.09. The van der Waals surface area contributed by atoms with Gasteiger partial charge in [0, 0.05) is 12.2 Å². The Morgan fingerprint density at radius 1 is 1.38 bits per heavy atom. The van der Waals surface area contributed by atoms with Crippen molar-refractivity contribution in [2.75, 3.05) is 11.9 Å². The molecular weight excluding hydrogens is 268 g/mol. The zero-order valence-electron chi connectivity index (χ0n) is 12.3. The van der Waals surface area contributed by atoms with Crippen molar-refractivity contribution >= 4 is 11.9 Å². The number of rotatable bonds is 7. The van der Waals surface area contributed by atoms with Crippen LogP contribution in [-0.2, 0) is 6.54 Å². The second kappa shape index (κ2) is 7.42. The van der Waals surface area contributed by atoms with Gasteiger partial charge in [-0.25, -0.2) is 9.97 Å². The van der Waals surface area contributed by atoms with Crippen molar-refractivity contribution in [1.82, 2.24) is 15.3 Å². The topological polar surface area (TPSA) is 80.0 Å². The normalized spacial score (nSPS) is 10.4. The molecule has 0 saturated carbocycles. The third-order valence-corrected chi connectivity index (χ3v) is 2.90. The number of aryl methyl sites for hydroxylation is 1. The van der Waals surface area contributed by atoms with Crippen LogP contribution in [0.2, 0.25) is 0 Å². The Kier molecular flexibility index (Phi) is 5.31. The fourth-order valence-electron chi connectivity index (χ4n) is 1.81. The molecule has 2 aromatic rings. The molecule has 2 aromatic heterocycles. The highest BCUT2D eigenvalue weighted by Gasteiger charge is 2.10. The molecule has 0 aliphatic carbocycles. The van der Waals surface area contributed by atoms with E-state index < -0.39 is 0 Å². The van der Waals surface area contributed by atoms with Crippen LogP contribution in [-0.4, -0.2) is 22.4 Å². The molecule has 0 aliphatic heterocycles. The summed E-state index contributed by atoms with van der Waals surface area (Å²) in [7, 11) is 0. The quantitative estimate of drug-likeness (QED) is 0.765. The Balaban J connectivity index is 1.98. The molecule has 21 heavy (non-hydrogen) atoms. The summed E-state index contributed by atoms with van der Waals surface area (Å²) in [5.74, 6) is 0.956. The van der Waals surface area contributed by atoms with Gasteiger partial charge in [-0.15, -0.1) is 0 Å². The zero-order chi connectivity index (χ0) is 15.1. The molecule has 0 bridgehead atoms. The number of furan rings is 1. The van der Waals surface area contributed by atoms with E-state index in [4.69, 9.17) is 4.42 Å². The summed E-state index contributed by atoms with van der Waals surface area (Å²) in [5.41, 5.74) is 1.11. The lowest BCUT2D eigenvalue weighted by Crippen LogP contribution is -2.24. The Morgan fingerprint density at radius 3 is 2.95 bits per heavy atom. The van der Waals surface area contributed by atoms with Crippen LogP contribution in [0.3, 0.4) is 0 Å². The monoisotopic (exact) mass is 288 g/mol. The Hall–Kier alpha value is -2.37. The summed E-state index contributed by atoms with van der Waals surface area (Å²) in [6.07, 6.45) is 3.71. The van der Waals surface area contributed by atoms with Crippen molar-refractivity contribution in [2.45, 2.75) is 33.2 Å². The molecule has 0 aliphatic rings. The van der Waals surface area contributed by atoms with Crippen LogP contribution in [0.15, 0.2) is 28.9 Å². The van der Waals surface area contributed by atoms with Gasteiger partial charge in [-0.2, -0.15) is 0 Å². The van der Waals surface area contributed by atoms with E-state index in [0.717, 1.165) is 25.1 Å². The summed E-state index contributed by atoms with van der Waals surface area (Å²) >= 11 is 0. The van der Waals surface area contributed by atoms with E-state index in [0.29, 0.717) is 23.9 Å². The maximum atomic E-state index is 12.1. The van der Waals surface area contributed by atoms with E-state index in [1.54, 1.807) is 18.4 Å². The maximum absolute atomic E-state index is 12.1. The lowest BCUT2D eigenvalue weighted by atomic mass is 10.3. The Morgan fingerprint density at radius 2 is 2.24 bits per heavy atom. The lowest BCUT2D eigenvalue weighted by molar-refractivity contribution is 0.0943. The third kappa shape index (κ3) is 4.59. The van der Waals surface area contributed by atoms with Crippen LogP contribution in [0.1, 0.15) is 41.7 Å². The van der Waals surface area contributed by atoms with E-state index in [1.165, 1.54) is 0 Å². The average Bonchev–Trinajstić information content (AvgIpc) is 2.98. The summed E-state index contributed by atoms with van der Waals surface area (Å²) in [6, 6.07) is 5.26. The minimum Gasteiger partial charge on any atom is -0.467 e. The minimum absolute atomic E-state index is 0.240. The summed E-state index contributed by atoms with van der Waals surface area (Å²) in [5, 5.41) is 5.90. The van der Waals surface area contributed by atoms with Crippen LogP contribution < -0.4 is 10.6 Å². The predicted octanol–water partition coefficient (Wildman–Crippen LogP) is 2.52. The molecule has 0 fully saturated rings. The van der Waals surface area contributed by atoms with Crippen LogP contribution in [0.5, 0.6) is 0 Å². The number of amides is 1. The molecule has 1 amide bonds. The molecule has 0 radical (unpaired) electrons. The third-order valence-electron chi connectivity index (χ3n) is 2.90. The maximum Gasteiger partial charge on any atom is 0.270 e. The van der Waals surface area contributed by atoms with Crippen molar-refractivity contribution in [2.24, 2.45) is 0 Å². The van der Waals surface area contributed by atoms with Gasteiger partial charge in [0.25, 0.3) is 5.91 Å². The molecule has 0 unspecified atom stereocenters. The molecular formula is C15H20N4O2. The first-order chi connectivity index (χ1) is 10.2. The number of carbonyl (C=O) groups excluding carboxylic acids is 1. The van der Waals surface area contributed by atoms with E-state index in [1.807, 2.05) is 13.0 Å². The highest BCUT2D eigenvalue weighted by atomic mass is 16.3. The fraction of sp³-hybridized carbons (Fsp3) is 0.400. The number of hydrogen-bond donors (Lipinski definition) is 2. The van der Waals surface area contributed by atoms with Crippen molar-refractivity contribution in [3.05, 3.63) is 41.6 Å². The van der Waals surface area contributed by atoms with E-state index in [9.17, 15) is 4.79 Å². The first-order valence-electron chi connectivity index (χ1n) is 7.09. The van der Waals surface area contributed by atoms with Gasteiger partial charge in [-0.05, 0) is 31.5 Å². The van der Waals surface area contributed by atoms with Gasteiger partial charge >= 0.3 is 0 Å². The molecule has 0 aromatic carbocycles. The van der Waals surface area contributed by atoms with Crippen LogP contribution in [0, 0.1) is 6.92 Å². The molecule has 2 heterocycles. The molecule has 0 spiro atoms. The first kappa shape index (κ1) is 15.0. The van der Waals surface area contributed by atoms with Crippen LogP contribution in [0.4, 0.5) is 5.95 Å². The standard InChI is InChI=1S/C15H20N4O2/c1-3-4-7-16-15-18-11(2)9-13(19-15)14(20)17-10-12-6-5-8-21-12/h5-6,8-9H,3-4,7,10H2,1-2H3,(H,17,20)(H,16,18,19). The number of unbranched alkanes of at least 4 members (excludes halogenated alkanes) is 1. The number of nitrogens with one attached hydrogen (secondary N) is 2. The zero-order valence-corrected chi connectivity index (χ0v) is 12.3. The van der Waals surface area contributed by atoms with Gasteiger partial charge in [0.1, 0.15) is 11.5 Å². The highest BCUT2D eigenvalue weighted by Crippen LogP contribution is 2.06. The number of anilines is 1. The van der Waals surface area contributed by atoms with Crippen LogP contribution >= 0.6 is 0 Å². The predicted molar refractivity (Wildman–Crippen MR) is 80.0 cm³/mol. The molecule has 2 rings (SSSR count). The SMILES string of the molecule is CCCCNc1nc(C)cc(C(=O)NCc2ccco2)n1. The number of aromatic nitrogens is 2. The Labute approximate surface area is 124 Å². The number of carbonyl (C=O) groups is 1. The molecule has 0 atom stereocenters. The highest BCUT2D eigenvalue weighted by molar-refractivity contribution is 5.92. The smallest absolute Gasteiger partial charge is 0.270 e. The molecule has 112 valence electrons. The minimum atomic E-state index is -0.240. The fourth-order valence-corrected chi connectivity index (χ4v) is 1.81. The van der Waals surface area contributed by atoms with Gasteiger partial charge < -0.3 is 15.1 Å². The van der Waals surface area contributed by atoms with Crippen molar-refractivity contribution in [3.8, 4) is 0 Å². The second-order valence-electron chi connectivity index (χ2n) is 4.76. The summed E-state index contributed by atoms with van der Waals surface area (Å²) in [4.78, 5) is 20.6. The lowest BCUT2D eigenvalue weighted by Gasteiger charge is -2.08. The van der Waals surface area contributed by atoms with Crippen LogP contribution in [0.25, 0.3) is 0 Å². The summed E-state index contributed by atoms with van der Waals surface area (Å²) < 4.78 is 5.17. The summed E-state index contributed by atoms with van der Waals surface area (Å²) in [6.45, 7) is 5.10. The molecule has 2 N–H and O–H groups in total. The second-order valence-corrected chi connectivity index (χ2v) is 4.76. The van der Waals surface area contributed by atoms with Gasteiger partial charge in [-0.3, -0.25) is 4.79 Å². The van der Waals surface area contributed by atoms with Crippen molar-refractivity contribution in [3.63, 3.8) is 0 Å². The molecule has 6 nitrogen and oxygen atoms in total. The van der Waals surface area contributed by atoms with Crippen molar-refractivity contribution in [1.29, 1.82) is 0 Å². The molecule has 6 heteroatoms. The van der Waals surface area contributed by atoms with Gasteiger partial charge in [-0.1, -0.05) is 13.3 Å². The number of nitrogens with zero attached hydrogens (tertiary/aromatic N) is 2. The Bertz CT molecular complexity index is 581. The largest absolute Gasteiger partial charge is 0.467 e. The van der Waals surface area contributed by atoms with Gasteiger partial charge in [0.2, 0.25) is 5.95 Å². The van der Waals surface area contributed by atoms with E-state index in [-0.39, 0.29) is 5.91 Å². The van der Waals surface area contributed by atoms with Gasteiger partial charge in [0.15, 0.2) is 0 Å². The van der Waals surface area contributed by atoms with E-state index in [2.05, 4.69) is 27.5 Å². The van der Waals surface area contributed by atoms with Gasteiger partial charge in [0.05, 0.1) is 12.8 Å². The average molecular weight is 288 g/mol.